The van der Waals surface area contributed by atoms with Crippen molar-refractivity contribution in [3.05, 3.63) is 0 Å². The van der Waals surface area contributed by atoms with Crippen molar-refractivity contribution >= 4 is 18.4 Å². The summed E-state index contributed by atoms with van der Waals surface area (Å²) in [4.78, 5) is 10.8. The minimum absolute atomic E-state index is 0. The summed E-state index contributed by atoms with van der Waals surface area (Å²) in [7, 11) is 1.35. The lowest BCUT2D eigenvalue weighted by molar-refractivity contribution is -0.143. The van der Waals surface area contributed by atoms with Crippen molar-refractivity contribution < 1.29 is 9.53 Å². The smallest absolute Gasteiger partial charge is 0.322 e. The molecule has 0 saturated heterocycles. The van der Waals surface area contributed by atoms with E-state index in [9.17, 15) is 4.79 Å². The zero-order valence-electron chi connectivity index (χ0n) is 7.16. The van der Waals surface area contributed by atoms with Crippen molar-refractivity contribution in [2.45, 2.75) is 26.3 Å². The lowest BCUT2D eigenvalue weighted by Crippen LogP contribution is -2.37. The number of hydrogen-bond donors (Lipinski definition) is 1. The molecule has 0 aliphatic rings. The Morgan fingerprint density at radius 3 is 2.36 bits per heavy atom. The van der Waals surface area contributed by atoms with E-state index < -0.39 is 6.04 Å². The Morgan fingerprint density at radius 1 is 1.64 bits per heavy atom. The van der Waals surface area contributed by atoms with Gasteiger partial charge in [-0.3, -0.25) is 4.79 Å². The highest BCUT2D eigenvalue weighted by Gasteiger charge is 2.19. The number of hydrogen-bond acceptors (Lipinski definition) is 3. The minimum Gasteiger partial charge on any atom is -0.468 e. The van der Waals surface area contributed by atoms with Crippen molar-refractivity contribution in [3.8, 4) is 0 Å². The van der Waals surface area contributed by atoms with Gasteiger partial charge in [-0.2, -0.15) is 0 Å². The first-order chi connectivity index (χ1) is 4.63. The van der Waals surface area contributed by atoms with Gasteiger partial charge >= 0.3 is 5.97 Å². The fourth-order valence-electron chi connectivity index (χ4n) is 0.622. The predicted molar refractivity (Wildman–Crippen MR) is 46.7 cm³/mol. The molecular formula is C7H16ClNO2. The van der Waals surface area contributed by atoms with Gasteiger partial charge in [-0.1, -0.05) is 20.3 Å². The van der Waals surface area contributed by atoms with E-state index in [-0.39, 0.29) is 24.3 Å². The van der Waals surface area contributed by atoms with E-state index in [4.69, 9.17) is 5.73 Å². The average Bonchev–Trinajstić information content (AvgIpc) is 2.00. The van der Waals surface area contributed by atoms with Gasteiger partial charge in [-0.25, -0.2) is 0 Å². The molecule has 0 fully saturated rings. The Morgan fingerprint density at radius 2 is 2.09 bits per heavy atom. The largest absolute Gasteiger partial charge is 0.468 e. The van der Waals surface area contributed by atoms with Gasteiger partial charge < -0.3 is 10.5 Å². The molecule has 2 N–H and O–H groups in total. The maximum Gasteiger partial charge on any atom is 0.322 e. The van der Waals surface area contributed by atoms with Gasteiger partial charge in [0.05, 0.1) is 7.11 Å². The number of ether oxygens (including phenoxy) is 1. The van der Waals surface area contributed by atoms with Crippen LogP contribution in [0.3, 0.4) is 0 Å². The predicted octanol–water partition coefficient (Wildman–Crippen LogP) is 0.955. The number of methoxy groups -OCH3 is 1. The van der Waals surface area contributed by atoms with Crippen molar-refractivity contribution in [2.75, 3.05) is 7.11 Å². The molecule has 0 aliphatic carbocycles. The Bertz CT molecular complexity index is 119. The van der Waals surface area contributed by atoms with E-state index in [2.05, 4.69) is 4.74 Å². The van der Waals surface area contributed by atoms with Gasteiger partial charge in [0.15, 0.2) is 0 Å². The molecule has 0 spiro atoms. The van der Waals surface area contributed by atoms with Gasteiger partial charge in [0, 0.05) is 0 Å². The molecule has 2 atom stereocenters. The number of rotatable bonds is 3. The van der Waals surface area contributed by atoms with Crippen LogP contribution in [0.5, 0.6) is 0 Å². The van der Waals surface area contributed by atoms with Crippen LogP contribution in [0.4, 0.5) is 0 Å². The highest BCUT2D eigenvalue weighted by molar-refractivity contribution is 5.85. The van der Waals surface area contributed by atoms with E-state index in [0.717, 1.165) is 6.42 Å². The van der Waals surface area contributed by atoms with Crippen molar-refractivity contribution in [1.29, 1.82) is 0 Å². The highest BCUT2D eigenvalue weighted by atomic mass is 35.5. The van der Waals surface area contributed by atoms with Gasteiger partial charge in [-0.15, -0.1) is 12.4 Å². The van der Waals surface area contributed by atoms with Gasteiger partial charge in [-0.05, 0) is 5.92 Å². The minimum atomic E-state index is -0.463. The summed E-state index contributed by atoms with van der Waals surface area (Å²) in [5, 5.41) is 0. The first kappa shape index (κ1) is 13.3. The quantitative estimate of drug-likeness (QED) is 0.660. The lowest BCUT2D eigenvalue weighted by atomic mass is 10.0. The average molecular weight is 182 g/mol. The van der Waals surface area contributed by atoms with E-state index in [0.29, 0.717) is 0 Å². The van der Waals surface area contributed by atoms with Crippen LogP contribution in [-0.2, 0) is 9.53 Å². The number of esters is 1. The van der Waals surface area contributed by atoms with Crippen LogP contribution < -0.4 is 5.73 Å². The maximum atomic E-state index is 10.8. The summed E-state index contributed by atoms with van der Waals surface area (Å²) in [6.07, 6.45) is 0.899. The van der Waals surface area contributed by atoms with E-state index in [1.165, 1.54) is 7.11 Å². The number of carbonyl (C=O) groups excluding carboxylic acids is 1. The summed E-state index contributed by atoms with van der Waals surface area (Å²) in [5.41, 5.74) is 5.51. The SMILES string of the molecule is CC[C@H](C)[C@H](N)C(=O)OC.Cl. The third-order valence-corrected chi connectivity index (χ3v) is 1.73. The highest BCUT2D eigenvalue weighted by Crippen LogP contribution is 2.05. The normalized spacial score (nSPS) is 14.5. The van der Waals surface area contributed by atoms with Crippen LogP contribution in [0.15, 0.2) is 0 Å². The number of nitrogens with two attached hydrogens (primary N) is 1. The Hall–Kier alpha value is -0.280. The third-order valence-electron chi connectivity index (χ3n) is 1.73. The topological polar surface area (TPSA) is 52.3 Å². The summed E-state index contributed by atoms with van der Waals surface area (Å²) in [6, 6.07) is -0.463. The molecule has 0 bridgehead atoms. The van der Waals surface area contributed by atoms with Crippen LogP contribution in [0.2, 0.25) is 0 Å². The molecule has 0 aromatic rings. The lowest BCUT2D eigenvalue weighted by Gasteiger charge is -2.14. The number of halogens is 1. The van der Waals surface area contributed by atoms with Gasteiger partial charge in [0.25, 0.3) is 0 Å². The third kappa shape index (κ3) is 4.22. The molecule has 68 valence electrons. The molecule has 0 aromatic heterocycles. The summed E-state index contributed by atoms with van der Waals surface area (Å²) in [6.45, 7) is 3.93. The van der Waals surface area contributed by atoms with Crippen molar-refractivity contribution in [2.24, 2.45) is 11.7 Å². The molecule has 4 heteroatoms. The molecule has 0 amide bonds. The molecule has 0 aromatic carbocycles. The second kappa shape index (κ2) is 6.43. The zero-order valence-corrected chi connectivity index (χ0v) is 7.98. The Balaban J connectivity index is 0. The summed E-state index contributed by atoms with van der Waals surface area (Å²) < 4.78 is 4.47. The molecule has 0 saturated carbocycles. The first-order valence-corrected chi connectivity index (χ1v) is 3.46. The molecule has 0 unspecified atom stereocenters. The first-order valence-electron chi connectivity index (χ1n) is 3.46. The van der Waals surface area contributed by atoms with E-state index in [1.54, 1.807) is 0 Å². The van der Waals surface area contributed by atoms with E-state index >= 15 is 0 Å². The maximum absolute atomic E-state index is 10.8. The summed E-state index contributed by atoms with van der Waals surface area (Å²) >= 11 is 0. The second-order valence-electron chi connectivity index (χ2n) is 2.43. The molecule has 0 aliphatic heterocycles. The van der Waals surface area contributed by atoms with Crippen molar-refractivity contribution in [3.63, 3.8) is 0 Å². The molecular weight excluding hydrogens is 166 g/mol. The standard InChI is InChI=1S/C7H15NO2.ClH/c1-4-5(2)6(8)7(9)10-3;/h5-6H,4,8H2,1-3H3;1H/t5-,6-;/m0./s1. The molecule has 0 heterocycles. The van der Waals surface area contributed by atoms with Crippen LogP contribution >= 0.6 is 12.4 Å². The fourth-order valence-corrected chi connectivity index (χ4v) is 0.622. The van der Waals surface area contributed by atoms with Crippen LogP contribution in [0, 0.1) is 5.92 Å². The summed E-state index contributed by atoms with van der Waals surface area (Å²) in [5.74, 6) is -0.123. The Kier molecular flexibility index (Phi) is 7.79. The molecule has 0 rings (SSSR count). The van der Waals surface area contributed by atoms with Gasteiger partial charge in [0.2, 0.25) is 0 Å². The van der Waals surface area contributed by atoms with Crippen molar-refractivity contribution in [1.82, 2.24) is 0 Å². The molecule has 0 radical (unpaired) electrons. The fraction of sp³-hybridized carbons (Fsp3) is 0.857. The van der Waals surface area contributed by atoms with Crippen LogP contribution in [-0.4, -0.2) is 19.1 Å². The molecule has 3 nitrogen and oxygen atoms in total. The number of carbonyl (C=O) groups is 1. The van der Waals surface area contributed by atoms with Gasteiger partial charge in [0.1, 0.15) is 6.04 Å². The second-order valence-corrected chi connectivity index (χ2v) is 2.43. The zero-order chi connectivity index (χ0) is 8.15. The van der Waals surface area contributed by atoms with E-state index in [1.807, 2.05) is 13.8 Å². The Labute approximate surface area is 73.7 Å². The van der Waals surface area contributed by atoms with Crippen LogP contribution in [0.25, 0.3) is 0 Å². The molecule has 11 heavy (non-hydrogen) atoms. The van der Waals surface area contributed by atoms with Crippen LogP contribution in [0.1, 0.15) is 20.3 Å². The monoisotopic (exact) mass is 181 g/mol.